The number of H-pyrrole nitrogens is 1. The first-order valence-corrected chi connectivity index (χ1v) is 20.3. The highest BCUT2D eigenvalue weighted by Crippen LogP contribution is 2.52. The Bertz CT molecular complexity index is 2130. The van der Waals surface area contributed by atoms with E-state index in [-0.39, 0.29) is 40.2 Å². The van der Waals surface area contributed by atoms with E-state index in [1.807, 2.05) is 12.1 Å². The summed E-state index contributed by atoms with van der Waals surface area (Å²) in [5, 5.41) is 36.1. The number of phenolic OH excluding ortho intramolecular Hbond substituents is 1. The van der Waals surface area contributed by atoms with E-state index in [0.717, 1.165) is 50.0 Å². The second-order valence-corrected chi connectivity index (χ2v) is 16.4. The topological polar surface area (TPSA) is 155 Å². The molecule has 3 saturated heterocycles. The zero-order valence-corrected chi connectivity index (χ0v) is 33.0. The number of benzene rings is 3. The van der Waals surface area contributed by atoms with Gasteiger partial charge < -0.3 is 40.2 Å². The van der Waals surface area contributed by atoms with E-state index in [1.165, 1.54) is 32.1 Å². The van der Waals surface area contributed by atoms with E-state index in [1.54, 1.807) is 36.2 Å². The minimum absolute atomic E-state index is 0.0797. The van der Waals surface area contributed by atoms with Crippen LogP contribution in [0.15, 0.2) is 65.5 Å². The van der Waals surface area contributed by atoms with Gasteiger partial charge in [0.05, 0.1) is 34.7 Å². The largest absolute Gasteiger partial charge is 0.506 e. The van der Waals surface area contributed by atoms with E-state index >= 15 is 0 Å². The lowest BCUT2D eigenvalue weighted by molar-refractivity contribution is -0.151. The van der Waals surface area contributed by atoms with Gasteiger partial charge in [0.1, 0.15) is 11.5 Å². The van der Waals surface area contributed by atoms with Crippen molar-refractivity contribution in [2.75, 3.05) is 46.9 Å². The Morgan fingerprint density at radius 1 is 1.09 bits per heavy atom. The van der Waals surface area contributed by atoms with Crippen LogP contribution in [0.4, 0.5) is 0 Å². The minimum Gasteiger partial charge on any atom is -0.506 e. The molecular weight excluding hydrogens is 732 g/mol. The van der Waals surface area contributed by atoms with Crippen LogP contribution >= 0.6 is 11.6 Å². The summed E-state index contributed by atoms with van der Waals surface area (Å²) in [4.78, 5) is 45.6. The first kappa shape index (κ1) is 39.8. The number of carbonyl (C=O) groups excluding carboxylic acids is 1. The molecule has 1 saturated carbocycles. The van der Waals surface area contributed by atoms with Crippen LogP contribution in [0.1, 0.15) is 83.7 Å². The molecule has 0 spiro atoms. The summed E-state index contributed by atoms with van der Waals surface area (Å²) in [7, 11) is 3.28. The Morgan fingerprint density at radius 2 is 1.89 bits per heavy atom. The number of aryl methyl sites for hydroxylation is 1. The maximum absolute atomic E-state index is 13.6. The number of fused-ring (bicyclic) bond motifs is 4. The zero-order valence-electron chi connectivity index (χ0n) is 32.2. The van der Waals surface area contributed by atoms with Crippen LogP contribution in [0.2, 0.25) is 5.02 Å². The van der Waals surface area contributed by atoms with Gasteiger partial charge in [-0.3, -0.25) is 14.4 Å². The Balaban J connectivity index is 0.973. The Morgan fingerprint density at radius 3 is 2.62 bits per heavy atom. The number of aromatic nitrogens is 1. The molecule has 4 aromatic rings. The number of carboxylic acid groups (broad SMARTS) is 1. The maximum Gasteiger partial charge on any atom is 0.314 e. The summed E-state index contributed by atoms with van der Waals surface area (Å²) in [6.07, 6.45) is 6.49. The van der Waals surface area contributed by atoms with E-state index in [0.29, 0.717) is 72.0 Å². The number of hydrogen-bond donors (Lipinski definition) is 5. The standard InChI is InChI=1S/C44H53ClN4O7/c1-48(18-6-8-27-7-5-9-30(21-27)44(43(54)55)17-4-3-10-35(44)34-26-49-19-15-28(34)16-20-49)42(53)33-23-39(56-2)29(22-36(33)45)24-46-25-38(51)31-11-13-37(50)41-32(31)12-14-40(52)47-41/h5,7,9,11-14,21-23,28,34-35,38,46,50-51H,3-4,6,8,10,15-20,24-26H2,1-2H3,(H,47,52)(H,54,55)/t34?,35?,38-,44?/m0/s1. The number of aliphatic carboxylic acids is 1. The van der Waals surface area contributed by atoms with Gasteiger partial charge in [-0.2, -0.15) is 0 Å². The van der Waals surface area contributed by atoms with Crippen LogP contribution in [0.25, 0.3) is 10.9 Å². The van der Waals surface area contributed by atoms with Gasteiger partial charge in [-0.25, -0.2) is 0 Å². The van der Waals surface area contributed by atoms with Crippen LogP contribution in [0.5, 0.6) is 11.5 Å². The number of carbonyl (C=O) groups is 2. The summed E-state index contributed by atoms with van der Waals surface area (Å²) < 4.78 is 5.64. The molecule has 1 aromatic heterocycles. The number of aromatic hydroxyl groups is 1. The molecule has 56 heavy (non-hydrogen) atoms. The van der Waals surface area contributed by atoms with Gasteiger partial charge in [-0.1, -0.05) is 54.8 Å². The van der Waals surface area contributed by atoms with E-state index in [2.05, 4.69) is 27.3 Å². The lowest BCUT2D eigenvalue weighted by atomic mass is 9.55. The zero-order chi connectivity index (χ0) is 39.6. The number of aliphatic hydroxyl groups excluding tert-OH is 1. The number of ether oxygens (including phenoxy) is 1. The molecule has 4 fully saturated rings. The van der Waals surface area contributed by atoms with Crippen LogP contribution in [-0.4, -0.2) is 88.9 Å². The van der Waals surface area contributed by atoms with Crippen molar-refractivity contribution in [2.24, 2.45) is 17.8 Å². The third-order valence-corrected chi connectivity index (χ3v) is 13.2. The summed E-state index contributed by atoms with van der Waals surface area (Å²) in [5.74, 6) is 0.655. The number of nitrogens with one attached hydrogen (secondary N) is 2. The van der Waals surface area contributed by atoms with Crippen molar-refractivity contribution in [2.45, 2.75) is 69.4 Å². The fraction of sp³-hybridized carbons (Fsp3) is 0.477. The summed E-state index contributed by atoms with van der Waals surface area (Å²) >= 11 is 6.69. The molecule has 1 amide bonds. The summed E-state index contributed by atoms with van der Waals surface area (Å²) in [6, 6.07) is 17.5. The van der Waals surface area contributed by atoms with Crippen molar-refractivity contribution in [3.05, 3.63) is 104 Å². The molecule has 12 heteroatoms. The Labute approximate surface area is 332 Å². The van der Waals surface area contributed by atoms with Gasteiger partial charge >= 0.3 is 5.97 Å². The number of phenols is 1. The lowest BCUT2D eigenvalue weighted by Gasteiger charge is -2.53. The lowest BCUT2D eigenvalue weighted by Crippen LogP contribution is -2.56. The number of aromatic amines is 1. The molecule has 2 bridgehead atoms. The number of methoxy groups -OCH3 is 1. The minimum atomic E-state index is -0.945. The number of piperidine rings is 3. The molecule has 4 aliphatic rings. The molecule has 4 atom stereocenters. The van der Waals surface area contributed by atoms with Gasteiger partial charge in [0.25, 0.3) is 5.91 Å². The van der Waals surface area contributed by atoms with Gasteiger partial charge in [-0.15, -0.1) is 0 Å². The molecule has 3 aromatic carbocycles. The molecule has 0 radical (unpaired) electrons. The number of halogens is 1. The van der Waals surface area contributed by atoms with Crippen molar-refractivity contribution in [3.63, 3.8) is 0 Å². The Kier molecular flexibility index (Phi) is 12.1. The SMILES string of the molecule is COc1cc(C(=O)N(C)CCCc2cccc(C3(C(=O)O)CCCCC3C3CN4CCC3CC4)c2)c(Cl)cc1CNC[C@H](O)c1ccc(O)c2[nH]c(=O)ccc12. The van der Waals surface area contributed by atoms with Gasteiger partial charge in [0.15, 0.2) is 0 Å². The van der Waals surface area contributed by atoms with Crippen LogP contribution in [0.3, 0.4) is 0 Å². The highest BCUT2D eigenvalue weighted by Gasteiger charge is 2.54. The number of hydrogen-bond acceptors (Lipinski definition) is 8. The molecule has 1 aliphatic carbocycles. The quantitative estimate of drug-likeness (QED) is 0.0994. The molecule has 4 heterocycles. The molecular formula is C44H53ClN4O7. The monoisotopic (exact) mass is 784 g/mol. The maximum atomic E-state index is 13.6. The number of aliphatic hydroxyl groups is 1. The van der Waals surface area contributed by atoms with Crippen LogP contribution in [0, 0.1) is 17.8 Å². The first-order valence-electron chi connectivity index (χ1n) is 19.9. The van der Waals surface area contributed by atoms with Gasteiger partial charge in [0.2, 0.25) is 5.56 Å². The fourth-order valence-corrected chi connectivity index (χ4v) is 10.2. The number of nitrogens with zero attached hydrogens (tertiary/aromatic N) is 2. The number of rotatable bonds is 14. The van der Waals surface area contributed by atoms with Gasteiger partial charge in [-0.05, 0) is 110 Å². The molecule has 11 nitrogen and oxygen atoms in total. The van der Waals surface area contributed by atoms with E-state index in [4.69, 9.17) is 16.3 Å². The predicted octanol–water partition coefficient (Wildman–Crippen LogP) is 6.28. The highest BCUT2D eigenvalue weighted by atomic mass is 35.5. The summed E-state index contributed by atoms with van der Waals surface area (Å²) in [5.41, 5.74) is 2.63. The predicted molar refractivity (Wildman–Crippen MR) is 217 cm³/mol. The number of pyridine rings is 1. The normalized spacial score (nSPS) is 23.9. The molecule has 5 N–H and O–H groups in total. The Hall–Kier alpha value is -4.42. The average Bonchev–Trinajstić information content (AvgIpc) is 3.21. The van der Waals surface area contributed by atoms with Gasteiger partial charge in [0, 0.05) is 50.2 Å². The van der Waals surface area contributed by atoms with Crippen molar-refractivity contribution >= 4 is 34.4 Å². The fourth-order valence-electron chi connectivity index (χ4n) is 9.92. The molecule has 3 unspecified atom stereocenters. The molecule has 298 valence electrons. The number of carboxylic acids is 1. The highest BCUT2D eigenvalue weighted by molar-refractivity contribution is 6.34. The average molecular weight is 785 g/mol. The second kappa shape index (κ2) is 17.0. The van der Waals surface area contributed by atoms with Crippen molar-refractivity contribution in [1.29, 1.82) is 0 Å². The molecule has 8 rings (SSSR count). The van der Waals surface area contributed by atoms with E-state index < -0.39 is 17.5 Å². The van der Waals surface area contributed by atoms with Crippen LogP contribution < -0.4 is 15.6 Å². The third-order valence-electron chi connectivity index (χ3n) is 12.8. The van der Waals surface area contributed by atoms with Crippen molar-refractivity contribution < 1.29 is 29.6 Å². The number of amides is 1. The van der Waals surface area contributed by atoms with Crippen molar-refractivity contribution in [3.8, 4) is 11.5 Å². The third kappa shape index (κ3) is 7.92. The smallest absolute Gasteiger partial charge is 0.314 e. The summed E-state index contributed by atoms with van der Waals surface area (Å²) in [6.45, 7) is 4.24. The van der Waals surface area contributed by atoms with Crippen molar-refractivity contribution in [1.82, 2.24) is 20.1 Å². The first-order chi connectivity index (χ1) is 27.0. The van der Waals surface area contributed by atoms with E-state index in [9.17, 15) is 29.7 Å². The second-order valence-electron chi connectivity index (χ2n) is 16.0. The molecule has 3 aliphatic heterocycles. The van der Waals surface area contributed by atoms with Crippen LogP contribution in [-0.2, 0) is 23.2 Å².